The molecule has 23 heavy (non-hydrogen) atoms. The quantitative estimate of drug-likeness (QED) is 0.275. The first-order valence-corrected chi connectivity index (χ1v) is 11.0. The maximum atomic E-state index is 10.2. The average Bonchev–Trinajstić information content (AvgIpc) is 2.45. The Morgan fingerprint density at radius 3 is 1.39 bits per heavy atom. The van der Waals surface area contributed by atoms with Gasteiger partial charge >= 0.3 is 0 Å². The second-order valence-electron chi connectivity index (χ2n) is 7.06. The highest BCUT2D eigenvalue weighted by atomic mass is 31.2. The zero-order valence-corrected chi connectivity index (χ0v) is 16.2. The van der Waals surface area contributed by atoms with Gasteiger partial charge in [0.2, 0.25) is 0 Å². The minimum atomic E-state index is -4.76. The van der Waals surface area contributed by atoms with Crippen LogP contribution in [0.4, 0.5) is 0 Å². The monoisotopic (exact) mass is 348 g/mol. The minimum absolute atomic E-state index is 0.0431. The molecule has 0 aliphatic heterocycles. The molecule has 0 atom stereocenters. The molecule has 0 saturated heterocycles. The van der Waals surface area contributed by atoms with Crippen LogP contribution < -0.4 is 9.79 Å². The predicted octanol–water partition coefficient (Wildman–Crippen LogP) is 4.95. The number of hydrogen-bond acceptors (Lipinski definition) is 4. The minimum Gasteiger partial charge on any atom is -0.790 e. The molecule has 0 saturated carbocycles. The maximum absolute atomic E-state index is 10.2. The van der Waals surface area contributed by atoms with Crippen LogP contribution in [0.2, 0.25) is 0 Å². The first-order chi connectivity index (χ1) is 10.9. The molecule has 0 heterocycles. The van der Waals surface area contributed by atoms with Gasteiger partial charge in [0, 0.05) is 0 Å². The molecule has 5 heteroatoms. The maximum Gasteiger partial charge on any atom is 0.0596 e. The van der Waals surface area contributed by atoms with E-state index in [1.807, 2.05) is 0 Å². The van der Waals surface area contributed by atoms with E-state index in [1.54, 1.807) is 0 Å². The highest BCUT2D eigenvalue weighted by Crippen LogP contribution is 2.24. The van der Waals surface area contributed by atoms with Crippen LogP contribution in [0.25, 0.3) is 0 Å². The van der Waals surface area contributed by atoms with Crippen molar-refractivity contribution >= 4 is 7.82 Å². The van der Waals surface area contributed by atoms with E-state index in [2.05, 4.69) is 18.4 Å². The average molecular weight is 348 g/mol. The fourth-order valence-electron chi connectivity index (χ4n) is 2.78. The van der Waals surface area contributed by atoms with E-state index in [0.29, 0.717) is 6.42 Å². The zero-order valence-electron chi connectivity index (χ0n) is 15.3. The Bertz CT molecular complexity index is 289. The van der Waals surface area contributed by atoms with Gasteiger partial charge < -0.3 is 18.9 Å². The van der Waals surface area contributed by atoms with Crippen LogP contribution in [0.1, 0.15) is 104 Å². The summed E-state index contributed by atoms with van der Waals surface area (Å²) in [6.07, 6.45) is 17.5. The lowest BCUT2D eigenvalue weighted by molar-refractivity contribution is -0.341. The second-order valence-corrected chi connectivity index (χ2v) is 8.21. The Balaban J connectivity index is 3.04. The zero-order chi connectivity index (χ0) is 17.4. The lowest BCUT2D eigenvalue weighted by Crippen LogP contribution is -2.16. The Morgan fingerprint density at radius 1 is 0.696 bits per heavy atom. The predicted molar refractivity (Wildman–Crippen MR) is 93.0 cm³/mol. The van der Waals surface area contributed by atoms with Crippen molar-refractivity contribution in [3.05, 3.63) is 0 Å². The summed E-state index contributed by atoms with van der Waals surface area (Å²) < 4.78 is 14.4. The van der Waals surface area contributed by atoms with E-state index in [9.17, 15) is 14.4 Å². The molecule has 0 fully saturated rings. The summed E-state index contributed by atoms with van der Waals surface area (Å²) >= 11 is 0. The number of unbranched alkanes of at least 4 members (excludes halogenated alkanes) is 12. The second kappa shape index (κ2) is 15.6. The summed E-state index contributed by atoms with van der Waals surface area (Å²) in [4.78, 5) is 20.5. The molecule has 0 N–H and O–H groups in total. The molecule has 140 valence electrons. The highest BCUT2D eigenvalue weighted by Gasteiger charge is 1.96. The lowest BCUT2D eigenvalue weighted by atomic mass is 10.0. The van der Waals surface area contributed by atoms with Crippen LogP contribution in [0.15, 0.2) is 0 Å². The Morgan fingerprint density at radius 2 is 1.04 bits per heavy atom. The molecule has 0 aromatic rings. The van der Waals surface area contributed by atoms with E-state index in [0.717, 1.165) is 18.8 Å². The van der Waals surface area contributed by atoms with Gasteiger partial charge in [0.1, 0.15) is 0 Å². The van der Waals surface area contributed by atoms with Crippen molar-refractivity contribution in [2.75, 3.05) is 6.61 Å². The molecule has 0 radical (unpaired) electrons. The van der Waals surface area contributed by atoms with Crippen molar-refractivity contribution in [1.29, 1.82) is 0 Å². The first kappa shape index (κ1) is 23.1. The van der Waals surface area contributed by atoms with Gasteiger partial charge in [-0.05, 0) is 12.3 Å². The molecule has 0 aliphatic carbocycles. The van der Waals surface area contributed by atoms with Crippen molar-refractivity contribution in [2.24, 2.45) is 5.92 Å². The SMILES string of the molecule is CC(C)CCCCCCCCCCCCCCCOP(=O)([O-])[O-]. The smallest absolute Gasteiger partial charge is 0.0596 e. The largest absolute Gasteiger partial charge is 0.790 e. The fraction of sp³-hybridized carbons (Fsp3) is 1.00. The van der Waals surface area contributed by atoms with Crippen LogP contribution in [-0.4, -0.2) is 6.61 Å². The van der Waals surface area contributed by atoms with E-state index in [1.165, 1.54) is 70.6 Å². The molecule has 0 aromatic carbocycles. The Labute approximate surface area is 143 Å². The molecule has 0 amide bonds. The van der Waals surface area contributed by atoms with Gasteiger partial charge in [-0.15, -0.1) is 0 Å². The van der Waals surface area contributed by atoms with Gasteiger partial charge in [-0.1, -0.05) is 97.3 Å². The van der Waals surface area contributed by atoms with Crippen LogP contribution in [-0.2, 0) is 9.09 Å². The summed E-state index contributed by atoms with van der Waals surface area (Å²) in [5, 5.41) is 0. The third kappa shape index (κ3) is 22.1. The lowest BCUT2D eigenvalue weighted by Gasteiger charge is -2.28. The fourth-order valence-corrected chi connectivity index (χ4v) is 3.13. The Hall–Kier alpha value is 0.110. The van der Waals surface area contributed by atoms with Gasteiger partial charge in [-0.25, -0.2) is 0 Å². The number of rotatable bonds is 17. The van der Waals surface area contributed by atoms with E-state index >= 15 is 0 Å². The molecule has 0 bridgehead atoms. The van der Waals surface area contributed by atoms with Crippen LogP contribution in [0, 0.1) is 5.92 Å². The molecule has 0 rings (SSSR count). The summed E-state index contributed by atoms with van der Waals surface area (Å²) in [6, 6.07) is 0. The molecule has 0 aromatic heterocycles. The van der Waals surface area contributed by atoms with Crippen molar-refractivity contribution in [3.8, 4) is 0 Å². The van der Waals surface area contributed by atoms with Crippen molar-refractivity contribution < 1.29 is 18.9 Å². The molecular formula is C18H37O4P-2. The summed E-state index contributed by atoms with van der Waals surface area (Å²) in [6.45, 7) is 4.64. The van der Waals surface area contributed by atoms with Gasteiger partial charge in [0.05, 0.1) is 14.4 Å². The third-order valence-corrected chi connectivity index (χ3v) is 4.67. The summed E-state index contributed by atoms with van der Waals surface area (Å²) in [5.41, 5.74) is 0. The Kier molecular flexibility index (Phi) is 15.7. The standard InChI is InChI=1S/C18H39O4P/c1-18(2)16-14-12-10-8-6-4-3-5-7-9-11-13-15-17-22-23(19,20)21/h18H,3-17H2,1-2H3,(H2,19,20,21)/p-2. The van der Waals surface area contributed by atoms with Crippen molar-refractivity contribution in [3.63, 3.8) is 0 Å². The van der Waals surface area contributed by atoms with E-state index < -0.39 is 7.82 Å². The van der Waals surface area contributed by atoms with Gasteiger partial charge in [0.25, 0.3) is 0 Å². The van der Waals surface area contributed by atoms with E-state index in [4.69, 9.17) is 0 Å². The molecule has 0 spiro atoms. The number of hydrogen-bond donors (Lipinski definition) is 0. The van der Waals surface area contributed by atoms with Gasteiger partial charge in [-0.2, -0.15) is 0 Å². The molecule has 4 nitrogen and oxygen atoms in total. The van der Waals surface area contributed by atoms with E-state index in [-0.39, 0.29) is 6.61 Å². The molecule has 0 aliphatic rings. The molecular weight excluding hydrogens is 311 g/mol. The summed E-state index contributed by atoms with van der Waals surface area (Å²) in [7, 11) is -4.76. The highest BCUT2D eigenvalue weighted by molar-refractivity contribution is 7.43. The van der Waals surface area contributed by atoms with Gasteiger partial charge in [0.15, 0.2) is 0 Å². The van der Waals surface area contributed by atoms with Crippen LogP contribution >= 0.6 is 7.82 Å². The normalized spacial score (nSPS) is 12.2. The third-order valence-electron chi connectivity index (χ3n) is 4.18. The number of phosphoric acid groups is 1. The summed E-state index contributed by atoms with van der Waals surface area (Å²) in [5.74, 6) is 0.850. The topological polar surface area (TPSA) is 72.4 Å². The van der Waals surface area contributed by atoms with Crippen molar-refractivity contribution in [2.45, 2.75) is 104 Å². The van der Waals surface area contributed by atoms with Crippen LogP contribution in [0.5, 0.6) is 0 Å². The molecule has 0 unspecified atom stereocenters. The first-order valence-electron chi connectivity index (χ1n) is 9.58. The van der Waals surface area contributed by atoms with Gasteiger partial charge in [-0.3, -0.25) is 0 Å². The number of phosphoric ester groups is 1. The van der Waals surface area contributed by atoms with Crippen molar-refractivity contribution in [1.82, 2.24) is 0 Å². The van der Waals surface area contributed by atoms with Crippen LogP contribution in [0.3, 0.4) is 0 Å².